The van der Waals surface area contributed by atoms with Crippen LogP contribution < -0.4 is 5.32 Å². The molecular formula is C16H32N2O2. The largest absolute Gasteiger partial charge is 0.468 e. The van der Waals surface area contributed by atoms with Gasteiger partial charge in [-0.1, -0.05) is 20.3 Å². The summed E-state index contributed by atoms with van der Waals surface area (Å²) in [5.74, 6) is 0.296. The minimum absolute atomic E-state index is 0.0901. The number of rotatable bonds is 8. The molecule has 1 fully saturated rings. The maximum absolute atomic E-state index is 12.2. The number of hydrogen-bond donors (Lipinski definition) is 1. The number of carbonyl (C=O) groups is 1. The predicted molar refractivity (Wildman–Crippen MR) is 82.8 cm³/mol. The number of hydrogen-bond acceptors (Lipinski definition) is 4. The Morgan fingerprint density at radius 1 is 1.45 bits per heavy atom. The van der Waals surface area contributed by atoms with E-state index in [4.69, 9.17) is 4.74 Å². The quantitative estimate of drug-likeness (QED) is 0.695. The summed E-state index contributed by atoms with van der Waals surface area (Å²) in [7, 11) is 5.58. The Labute approximate surface area is 124 Å². The van der Waals surface area contributed by atoms with Gasteiger partial charge in [0, 0.05) is 6.04 Å². The van der Waals surface area contributed by atoms with E-state index in [1.165, 1.54) is 20.0 Å². The molecule has 0 aromatic rings. The van der Waals surface area contributed by atoms with Crippen LogP contribution in [0.15, 0.2) is 0 Å². The average molecular weight is 284 g/mol. The summed E-state index contributed by atoms with van der Waals surface area (Å²) in [6.45, 7) is 5.54. The first-order valence-corrected chi connectivity index (χ1v) is 8.03. The lowest BCUT2D eigenvalue weighted by Gasteiger charge is -2.34. The monoisotopic (exact) mass is 284 g/mol. The lowest BCUT2D eigenvalue weighted by molar-refractivity contribution is -0.150. The molecule has 1 aliphatic carbocycles. The first-order valence-electron chi connectivity index (χ1n) is 8.03. The summed E-state index contributed by atoms with van der Waals surface area (Å²) >= 11 is 0. The molecule has 0 bridgehead atoms. The first-order chi connectivity index (χ1) is 9.55. The zero-order valence-electron chi connectivity index (χ0n) is 13.9. The van der Waals surface area contributed by atoms with E-state index >= 15 is 0 Å². The molecule has 1 N–H and O–H groups in total. The van der Waals surface area contributed by atoms with E-state index < -0.39 is 5.54 Å². The second kappa shape index (κ2) is 7.99. The Kier molecular flexibility index (Phi) is 6.96. The molecule has 1 aliphatic rings. The Bertz CT molecular complexity index is 305. The van der Waals surface area contributed by atoms with Gasteiger partial charge < -0.3 is 15.0 Å². The van der Waals surface area contributed by atoms with Gasteiger partial charge in [0.15, 0.2) is 0 Å². The van der Waals surface area contributed by atoms with Crippen molar-refractivity contribution in [1.82, 2.24) is 10.2 Å². The Balaban J connectivity index is 2.64. The molecule has 0 aromatic carbocycles. The molecule has 118 valence electrons. The van der Waals surface area contributed by atoms with E-state index in [1.807, 2.05) is 7.05 Å². The fraction of sp³-hybridized carbons (Fsp3) is 0.938. The van der Waals surface area contributed by atoms with Crippen LogP contribution in [0.1, 0.15) is 52.4 Å². The molecule has 20 heavy (non-hydrogen) atoms. The number of nitrogens with zero attached hydrogens (tertiary/aromatic N) is 1. The topological polar surface area (TPSA) is 41.6 Å². The Hall–Kier alpha value is -0.610. The lowest BCUT2D eigenvalue weighted by atomic mass is 9.84. The molecule has 4 heteroatoms. The van der Waals surface area contributed by atoms with Gasteiger partial charge in [0.2, 0.25) is 0 Å². The molecule has 0 aromatic heterocycles. The van der Waals surface area contributed by atoms with E-state index in [-0.39, 0.29) is 5.97 Å². The highest BCUT2D eigenvalue weighted by atomic mass is 16.5. The van der Waals surface area contributed by atoms with E-state index in [2.05, 4.69) is 31.1 Å². The summed E-state index contributed by atoms with van der Waals surface area (Å²) in [5.41, 5.74) is -0.455. The molecule has 0 saturated heterocycles. The van der Waals surface area contributed by atoms with Crippen molar-refractivity contribution in [3.8, 4) is 0 Å². The molecule has 4 nitrogen and oxygen atoms in total. The van der Waals surface area contributed by atoms with Gasteiger partial charge in [0.25, 0.3) is 0 Å². The molecular weight excluding hydrogens is 252 g/mol. The van der Waals surface area contributed by atoms with Crippen molar-refractivity contribution in [2.45, 2.75) is 64.0 Å². The van der Waals surface area contributed by atoms with Gasteiger partial charge in [0.05, 0.1) is 7.11 Å². The van der Waals surface area contributed by atoms with Crippen molar-refractivity contribution in [2.75, 3.05) is 27.7 Å². The smallest absolute Gasteiger partial charge is 0.326 e. The maximum atomic E-state index is 12.2. The van der Waals surface area contributed by atoms with E-state index in [9.17, 15) is 4.79 Å². The minimum atomic E-state index is -0.455. The number of nitrogens with one attached hydrogen (secondary N) is 1. The number of likely N-dealkylation sites (N-methyl/N-ethyl adjacent to an activating group) is 1. The van der Waals surface area contributed by atoms with Crippen LogP contribution in [0.2, 0.25) is 0 Å². The molecule has 0 spiro atoms. The number of carbonyl (C=O) groups excluding carboxylic acids is 1. The molecule has 1 saturated carbocycles. The van der Waals surface area contributed by atoms with Gasteiger partial charge in [-0.3, -0.25) is 4.79 Å². The van der Waals surface area contributed by atoms with Crippen molar-refractivity contribution in [1.29, 1.82) is 0 Å². The Morgan fingerprint density at radius 3 is 2.60 bits per heavy atom. The summed E-state index contributed by atoms with van der Waals surface area (Å²) in [5, 5.41) is 3.27. The second-order valence-corrected chi connectivity index (χ2v) is 6.04. The fourth-order valence-corrected chi connectivity index (χ4v) is 3.80. The summed E-state index contributed by atoms with van der Waals surface area (Å²) in [4.78, 5) is 14.6. The van der Waals surface area contributed by atoms with Gasteiger partial charge in [-0.05, 0) is 58.7 Å². The van der Waals surface area contributed by atoms with Crippen molar-refractivity contribution in [2.24, 2.45) is 5.92 Å². The van der Waals surface area contributed by atoms with Crippen molar-refractivity contribution >= 4 is 5.97 Å². The third-order valence-electron chi connectivity index (χ3n) is 5.21. The van der Waals surface area contributed by atoms with Crippen molar-refractivity contribution in [3.63, 3.8) is 0 Å². The van der Waals surface area contributed by atoms with Crippen LogP contribution in [-0.2, 0) is 9.53 Å². The van der Waals surface area contributed by atoms with E-state index in [1.54, 1.807) is 0 Å². The molecule has 0 aliphatic heterocycles. The summed E-state index contributed by atoms with van der Waals surface area (Å²) < 4.78 is 5.04. The van der Waals surface area contributed by atoms with Crippen LogP contribution in [0, 0.1) is 5.92 Å². The lowest BCUT2D eigenvalue weighted by Crippen LogP contribution is -2.54. The summed E-state index contributed by atoms with van der Waals surface area (Å²) in [6, 6.07) is 0.651. The van der Waals surface area contributed by atoms with E-state index in [0.717, 1.165) is 32.2 Å². The third kappa shape index (κ3) is 3.53. The molecule has 0 radical (unpaired) electrons. The number of methoxy groups -OCH3 is 1. The second-order valence-electron chi connectivity index (χ2n) is 6.04. The van der Waals surface area contributed by atoms with Gasteiger partial charge in [-0.2, -0.15) is 0 Å². The Morgan fingerprint density at radius 2 is 2.10 bits per heavy atom. The number of ether oxygens (including phenoxy) is 1. The molecule has 2 atom stereocenters. The highest BCUT2D eigenvalue weighted by molar-refractivity contribution is 5.81. The zero-order valence-corrected chi connectivity index (χ0v) is 13.9. The number of esters is 1. The highest BCUT2D eigenvalue weighted by Crippen LogP contribution is 2.38. The SMILES string of the molecule is CCC(CC)N(C)CCC1CCCC1(NC)C(=O)OC. The maximum Gasteiger partial charge on any atom is 0.326 e. The van der Waals surface area contributed by atoms with Gasteiger partial charge in [0.1, 0.15) is 5.54 Å². The molecule has 0 amide bonds. The molecule has 2 unspecified atom stereocenters. The van der Waals surface area contributed by atoms with Gasteiger partial charge >= 0.3 is 5.97 Å². The predicted octanol–water partition coefficient (Wildman–Crippen LogP) is 2.43. The van der Waals surface area contributed by atoms with Crippen molar-refractivity contribution < 1.29 is 9.53 Å². The van der Waals surface area contributed by atoms with Crippen LogP contribution in [-0.4, -0.2) is 50.2 Å². The minimum Gasteiger partial charge on any atom is -0.468 e. The fourth-order valence-electron chi connectivity index (χ4n) is 3.80. The van der Waals surface area contributed by atoms with Crippen LogP contribution in [0.3, 0.4) is 0 Å². The zero-order chi connectivity index (χ0) is 15.2. The average Bonchev–Trinajstić information content (AvgIpc) is 2.89. The van der Waals surface area contributed by atoms with Crippen LogP contribution in [0.5, 0.6) is 0 Å². The van der Waals surface area contributed by atoms with Crippen LogP contribution >= 0.6 is 0 Å². The van der Waals surface area contributed by atoms with Gasteiger partial charge in [-0.15, -0.1) is 0 Å². The molecule has 0 heterocycles. The van der Waals surface area contributed by atoms with Crippen molar-refractivity contribution in [3.05, 3.63) is 0 Å². The van der Waals surface area contributed by atoms with E-state index in [0.29, 0.717) is 12.0 Å². The van der Waals surface area contributed by atoms with Crippen LogP contribution in [0.4, 0.5) is 0 Å². The standard InChI is InChI=1S/C16H32N2O2/c1-6-14(7-2)18(4)12-10-13-9-8-11-16(13,17-3)15(19)20-5/h13-14,17H,6-12H2,1-5H3. The van der Waals surface area contributed by atoms with Crippen LogP contribution in [0.25, 0.3) is 0 Å². The summed E-state index contributed by atoms with van der Waals surface area (Å²) in [6.07, 6.45) is 6.55. The third-order valence-corrected chi connectivity index (χ3v) is 5.21. The molecule has 1 rings (SSSR count). The highest BCUT2D eigenvalue weighted by Gasteiger charge is 2.48. The van der Waals surface area contributed by atoms with Gasteiger partial charge in [-0.25, -0.2) is 0 Å². The first kappa shape index (κ1) is 17.4. The normalized spacial score (nSPS) is 26.4.